The van der Waals surface area contributed by atoms with E-state index in [0.29, 0.717) is 18.3 Å². The molecule has 0 heterocycles. The van der Waals surface area contributed by atoms with Crippen molar-refractivity contribution < 1.29 is 9.13 Å². The van der Waals surface area contributed by atoms with Gasteiger partial charge in [-0.15, -0.1) is 0 Å². The molecule has 0 spiro atoms. The van der Waals surface area contributed by atoms with Crippen molar-refractivity contribution in [1.29, 1.82) is 0 Å². The van der Waals surface area contributed by atoms with Gasteiger partial charge >= 0.3 is 0 Å². The van der Waals surface area contributed by atoms with Gasteiger partial charge in [-0.1, -0.05) is 56.5 Å². The first kappa shape index (κ1) is 16.0. The minimum atomic E-state index is -0.285. The fourth-order valence-corrected chi connectivity index (χ4v) is 3.39. The maximum atomic E-state index is 14.1. The predicted octanol–water partition coefficient (Wildman–Crippen LogP) is 6.33. The lowest BCUT2D eigenvalue weighted by Crippen LogP contribution is -2.04. The van der Waals surface area contributed by atoms with E-state index in [9.17, 15) is 4.39 Å². The normalized spacial score (nSPS) is 15.6. The van der Waals surface area contributed by atoms with E-state index in [1.807, 2.05) is 13.0 Å². The topological polar surface area (TPSA) is 9.23 Å². The van der Waals surface area contributed by atoms with Crippen molar-refractivity contribution in [3.8, 4) is 16.9 Å². The van der Waals surface area contributed by atoms with Crippen LogP contribution in [-0.4, -0.2) is 6.61 Å². The van der Waals surface area contributed by atoms with E-state index in [-0.39, 0.29) is 5.82 Å². The molecule has 0 amide bonds. The molecule has 0 radical (unpaired) electrons. The molecule has 3 rings (SSSR count). The summed E-state index contributed by atoms with van der Waals surface area (Å²) in [6, 6.07) is 13.9. The van der Waals surface area contributed by atoms with Gasteiger partial charge in [-0.2, -0.15) is 0 Å². The molecule has 1 fully saturated rings. The molecular weight excluding hydrogens is 287 g/mol. The van der Waals surface area contributed by atoms with Crippen LogP contribution in [0.4, 0.5) is 4.39 Å². The molecular formula is C21H25FO. The minimum absolute atomic E-state index is 0.285. The van der Waals surface area contributed by atoms with Gasteiger partial charge in [-0.05, 0) is 54.0 Å². The molecule has 2 aromatic carbocycles. The minimum Gasteiger partial charge on any atom is -0.491 e. The van der Waals surface area contributed by atoms with Crippen LogP contribution in [0, 0.1) is 5.82 Å². The zero-order valence-electron chi connectivity index (χ0n) is 13.9. The highest BCUT2D eigenvalue weighted by atomic mass is 19.1. The average Bonchev–Trinajstić information content (AvgIpc) is 2.61. The van der Waals surface area contributed by atoms with Gasteiger partial charge in [0.1, 0.15) is 0 Å². The van der Waals surface area contributed by atoms with Crippen molar-refractivity contribution in [2.45, 2.75) is 51.4 Å². The van der Waals surface area contributed by atoms with E-state index in [1.165, 1.54) is 37.7 Å². The van der Waals surface area contributed by atoms with E-state index in [1.54, 1.807) is 12.1 Å². The highest BCUT2D eigenvalue weighted by Gasteiger charge is 2.15. The lowest BCUT2D eigenvalue weighted by atomic mass is 9.84. The van der Waals surface area contributed by atoms with Crippen LogP contribution >= 0.6 is 0 Å². The summed E-state index contributed by atoms with van der Waals surface area (Å²) >= 11 is 0. The van der Waals surface area contributed by atoms with Crippen LogP contribution < -0.4 is 4.74 Å². The molecule has 0 aromatic heterocycles. The van der Waals surface area contributed by atoms with Crippen molar-refractivity contribution in [3.05, 3.63) is 53.8 Å². The van der Waals surface area contributed by atoms with Gasteiger partial charge in [0.05, 0.1) is 6.61 Å². The molecule has 2 aromatic rings. The second kappa shape index (κ2) is 7.63. The number of hydrogen-bond acceptors (Lipinski definition) is 1. The summed E-state index contributed by atoms with van der Waals surface area (Å²) in [4.78, 5) is 0. The monoisotopic (exact) mass is 312 g/mol. The zero-order chi connectivity index (χ0) is 16.1. The lowest BCUT2D eigenvalue weighted by molar-refractivity contribution is 0.301. The number of rotatable bonds is 5. The smallest absolute Gasteiger partial charge is 0.165 e. The summed E-state index contributed by atoms with van der Waals surface area (Å²) in [5.74, 6) is 0.765. The van der Waals surface area contributed by atoms with Gasteiger partial charge in [-0.25, -0.2) is 4.39 Å². The van der Waals surface area contributed by atoms with Gasteiger partial charge in [0.2, 0.25) is 0 Å². The SMILES string of the molecule is CCCOc1ccc(-c2ccc(C3CCCCC3)cc2)cc1F. The molecule has 0 aliphatic heterocycles. The Bertz CT molecular complexity index is 627. The first-order valence-corrected chi connectivity index (χ1v) is 8.80. The molecule has 0 bridgehead atoms. The molecule has 1 aliphatic carbocycles. The highest BCUT2D eigenvalue weighted by molar-refractivity contribution is 5.64. The number of ether oxygens (including phenoxy) is 1. The first-order chi connectivity index (χ1) is 11.3. The van der Waals surface area contributed by atoms with Gasteiger partial charge in [0.25, 0.3) is 0 Å². The van der Waals surface area contributed by atoms with Crippen LogP contribution in [0.2, 0.25) is 0 Å². The first-order valence-electron chi connectivity index (χ1n) is 8.80. The van der Waals surface area contributed by atoms with E-state index in [0.717, 1.165) is 17.5 Å². The van der Waals surface area contributed by atoms with Gasteiger partial charge in [0, 0.05) is 0 Å². The Morgan fingerprint density at radius 3 is 2.30 bits per heavy atom. The summed E-state index contributed by atoms with van der Waals surface area (Å²) in [5.41, 5.74) is 3.39. The maximum absolute atomic E-state index is 14.1. The molecule has 122 valence electrons. The molecule has 1 saturated carbocycles. The Labute approximate surface area is 138 Å². The van der Waals surface area contributed by atoms with Crippen LogP contribution in [0.5, 0.6) is 5.75 Å². The molecule has 1 aliphatic rings. The molecule has 1 nitrogen and oxygen atoms in total. The van der Waals surface area contributed by atoms with Crippen molar-refractivity contribution in [1.82, 2.24) is 0 Å². The number of hydrogen-bond donors (Lipinski definition) is 0. The Balaban J connectivity index is 1.75. The number of benzene rings is 2. The largest absolute Gasteiger partial charge is 0.491 e. The van der Waals surface area contributed by atoms with Gasteiger partial charge in [-0.3, -0.25) is 0 Å². The predicted molar refractivity (Wildman–Crippen MR) is 93.4 cm³/mol. The third-order valence-electron chi connectivity index (χ3n) is 4.71. The molecule has 0 atom stereocenters. The van der Waals surface area contributed by atoms with E-state index >= 15 is 0 Å². The summed E-state index contributed by atoms with van der Waals surface area (Å²) in [7, 11) is 0. The fraction of sp³-hybridized carbons (Fsp3) is 0.429. The Kier molecular flexibility index (Phi) is 5.32. The second-order valence-electron chi connectivity index (χ2n) is 6.45. The van der Waals surface area contributed by atoms with Crippen LogP contribution in [0.1, 0.15) is 56.9 Å². The Hall–Kier alpha value is -1.83. The molecule has 0 N–H and O–H groups in total. The van der Waals surface area contributed by atoms with Crippen molar-refractivity contribution in [3.63, 3.8) is 0 Å². The molecule has 0 saturated heterocycles. The van der Waals surface area contributed by atoms with Crippen LogP contribution in [0.25, 0.3) is 11.1 Å². The maximum Gasteiger partial charge on any atom is 0.165 e. The van der Waals surface area contributed by atoms with Crippen LogP contribution in [-0.2, 0) is 0 Å². The third-order valence-corrected chi connectivity index (χ3v) is 4.71. The quantitative estimate of drug-likeness (QED) is 0.627. The highest BCUT2D eigenvalue weighted by Crippen LogP contribution is 2.34. The second-order valence-corrected chi connectivity index (χ2v) is 6.45. The fourth-order valence-electron chi connectivity index (χ4n) is 3.39. The molecule has 23 heavy (non-hydrogen) atoms. The van der Waals surface area contributed by atoms with E-state index in [4.69, 9.17) is 4.74 Å². The van der Waals surface area contributed by atoms with Crippen molar-refractivity contribution in [2.75, 3.05) is 6.61 Å². The van der Waals surface area contributed by atoms with Crippen LogP contribution in [0.3, 0.4) is 0 Å². The summed E-state index contributed by atoms with van der Waals surface area (Å²) < 4.78 is 19.5. The number of halogens is 1. The van der Waals surface area contributed by atoms with E-state index in [2.05, 4.69) is 24.3 Å². The lowest BCUT2D eigenvalue weighted by Gasteiger charge is -2.22. The van der Waals surface area contributed by atoms with Crippen molar-refractivity contribution >= 4 is 0 Å². The van der Waals surface area contributed by atoms with E-state index < -0.39 is 0 Å². The molecule has 2 heteroatoms. The average molecular weight is 312 g/mol. The van der Waals surface area contributed by atoms with Crippen LogP contribution in [0.15, 0.2) is 42.5 Å². The third kappa shape index (κ3) is 3.93. The Morgan fingerprint density at radius 1 is 0.957 bits per heavy atom. The van der Waals surface area contributed by atoms with Gasteiger partial charge < -0.3 is 4.74 Å². The zero-order valence-corrected chi connectivity index (χ0v) is 13.9. The molecule has 0 unspecified atom stereocenters. The Morgan fingerprint density at radius 2 is 1.65 bits per heavy atom. The van der Waals surface area contributed by atoms with Gasteiger partial charge in [0.15, 0.2) is 11.6 Å². The summed E-state index contributed by atoms with van der Waals surface area (Å²) in [6.07, 6.45) is 7.55. The summed E-state index contributed by atoms with van der Waals surface area (Å²) in [6.45, 7) is 2.56. The summed E-state index contributed by atoms with van der Waals surface area (Å²) in [5, 5.41) is 0. The standard InChI is InChI=1S/C21H25FO/c1-2-14-23-21-13-12-19(15-20(21)22)18-10-8-17(9-11-18)16-6-4-3-5-7-16/h8-13,15-16H,2-7,14H2,1H3. The van der Waals surface area contributed by atoms with Crippen molar-refractivity contribution in [2.24, 2.45) is 0 Å².